The van der Waals surface area contributed by atoms with Gasteiger partial charge in [0.05, 0.1) is 5.69 Å². The Bertz CT molecular complexity index is 3040. The third kappa shape index (κ3) is 3.93. The van der Waals surface area contributed by atoms with Crippen molar-refractivity contribution in [1.29, 1.82) is 0 Å². The predicted octanol–water partition coefficient (Wildman–Crippen LogP) is 14.0. The molecular weight excluding hydrogens is 619 g/mol. The summed E-state index contributed by atoms with van der Waals surface area (Å²) in [6.07, 6.45) is 0. The molecule has 0 N–H and O–H groups in total. The number of rotatable bonds is 3. The average Bonchev–Trinajstić information content (AvgIpc) is 3.67. The van der Waals surface area contributed by atoms with Crippen LogP contribution in [-0.4, -0.2) is 0 Å². The lowest BCUT2D eigenvalue weighted by Gasteiger charge is -2.30. The predicted molar refractivity (Wildman–Crippen MR) is 216 cm³/mol. The third-order valence-electron chi connectivity index (χ3n) is 11.4. The molecule has 1 aromatic heterocycles. The van der Waals surface area contributed by atoms with Crippen molar-refractivity contribution in [2.75, 3.05) is 4.90 Å². The normalized spacial score (nSPS) is 13.5. The highest BCUT2D eigenvalue weighted by Crippen LogP contribution is 2.52. The second kappa shape index (κ2) is 10.3. The summed E-state index contributed by atoms with van der Waals surface area (Å²) in [5, 5.41) is 12.2. The molecule has 11 rings (SSSR count). The van der Waals surface area contributed by atoms with E-state index in [1.807, 2.05) is 6.07 Å². The highest BCUT2D eigenvalue weighted by Gasteiger charge is 2.36. The lowest BCUT2D eigenvalue weighted by molar-refractivity contribution is 0.660. The lowest BCUT2D eigenvalue weighted by Crippen LogP contribution is -2.16. The minimum atomic E-state index is -0.114. The molecule has 1 aliphatic rings. The van der Waals surface area contributed by atoms with Crippen LogP contribution >= 0.6 is 0 Å². The first kappa shape index (κ1) is 28.5. The largest absolute Gasteiger partial charge is 0.456 e. The van der Waals surface area contributed by atoms with Crippen LogP contribution < -0.4 is 4.90 Å². The van der Waals surface area contributed by atoms with Gasteiger partial charge in [0.2, 0.25) is 0 Å². The van der Waals surface area contributed by atoms with Crippen LogP contribution in [0.4, 0.5) is 17.1 Å². The van der Waals surface area contributed by atoms with E-state index < -0.39 is 0 Å². The van der Waals surface area contributed by atoms with Gasteiger partial charge in [0.1, 0.15) is 11.2 Å². The van der Waals surface area contributed by atoms with E-state index in [1.54, 1.807) is 0 Å². The molecule has 0 atom stereocenters. The van der Waals surface area contributed by atoms with Crippen LogP contribution in [0, 0.1) is 0 Å². The van der Waals surface area contributed by atoms with Gasteiger partial charge in [0.15, 0.2) is 0 Å². The van der Waals surface area contributed by atoms with E-state index in [0.717, 1.165) is 33.6 Å². The molecule has 0 amide bonds. The van der Waals surface area contributed by atoms with Gasteiger partial charge in [-0.2, -0.15) is 0 Å². The summed E-state index contributed by atoms with van der Waals surface area (Å²) in [5.41, 5.74) is 10.6. The van der Waals surface area contributed by atoms with Crippen molar-refractivity contribution in [3.8, 4) is 11.1 Å². The number of hydrogen-bond acceptors (Lipinski definition) is 2. The number of furan rings is 1. The Hall–Kier alpha value is -6.38. The SMILES string of the molecule is CC1(C)c2ccccc2-c2ccc(N(c3ccc4ccccc4c3)c3cccc4c5ccc6oc7ccccc7c6c5c5ccccc5c34)cc21. The Morgan fingerprint density at radius 2 is 1.04 bits per heavy atom. The summed E-state index contributed by atoms with van der Waals surface area (Å²) >= 11 is 0. The van der Waals surface area contributed by atoms with E-state index in [0.29, 0.717) is 0 Å². The molecule has 2 nitrogen and oxygen atoms in total. The highest BCUT2D eigenvalue weighted by atomic mass is 16.3. The quantitative estimate of drug-likeness (QED) is 0.177. The number of para-hydroxylation sites is 1. The first-order valence-electron chi connectivity index (χ1n) is 17.8. The summed E-state index contributed by atoms with van der Waals surface area (Å²) in [5.74, 6) is 0. The van der Waals surface area contributed by atoms with E-state index in [2.05, 4.69) is 176 Å². The van der Waals surface area contributed by atoms with Crippen LogP contribution in [0.1, 0.15) is 25.0 Å². The van der Waals surface area contributed by atoms with Gasteiger partial charge in [-0.15, -0.1) is 0 Å². The molecule has 9 aromatic carbocycles. The van der Waals surface area contributed by atoms with Crippen LogP contribution in [0.25, 0.3) is 76.2 Å². The molecule has 0 saturated heterocycles. The van der Waals surface area contributed by atoms with E-state index in [-0.39, 0.29) is 5.41 Å². The second-order valence-electron chi connectivity index (χ2n) is 14.5. The fourth-order valence-electron chi connectivity index (χ4n) is 9.05. The molecule has 51 heavy (non-hydrogen) atoms. The van der Waals surface area contributed by atoms with Crippen LogP contribution in [0.2, 0.25) is 0 Å². The number of benzene rings is 9. The summed E-state index contributed by atoms with van der Waals surface area (Å²) in [7, 11) is 0. The fraction of sp³-hybridized carbons (Fsp3) is 0.0612. The van der Waals surface area contributed by atoms with Gasteiger partial charge in [-0.25, -0.2) is 0 Å². The second-order valence-corrected chi connectivity index (χ2v) is 14.5. The van der Waals surface area contributed by atoms with Crippen molar-refractivity contribution in [3.63, 3.8) is 0 Å². The monoisotopic (exact) mass is 651 g/mol. The molecule has 2 heteroatoms. The standard InChI is InChI=1S/C49H33NO/c1-49(2)41-19-9-7-14-34(41)35-25-24-33(29-42(35)49)50(32-23-22-30-12-3-4-13-31(30)28-32)43-20-11-18-37-39-26-27-45-48(40-17-8-10-21-44(40)51-45)47(39)38-16-6-5-15-36(38)46(37)43/h3-29H,1-2H3. The molecule has 0 saturated carbocycles. The van der Waals surface area contributed by atoms with Gasteiger partial charge in [0.25, 0.3) is 0 Å². The Morgan fingerprint density at radius 3 is 1.90 bits per heavy atom. The molecule has 10 aromatic rings. The molecule has 0 fully saturated rings. The molecule has 0 spiro atoms. The van der Waals surface area contributed by atoms with Crippen molar-refractivity contribution in [1.82, 2.24) is 0 Å². The van der Waals surface area contributed by atoms with Crippen LogP contribution in [-0.2, 0) is 5.41 Å². The molecule has 0 radical (unpaired) electrons. The van der Waals surface area contributed by atoms with E-state index in [9.17, 15) is 0 Å². The molecule has 240 valence electrons. The Kier molecular flexibility index (Phi) is 5.76. The first-order valence-corrected chi connectivity index (χ1v) is 17.8. The summed E-state index contributed by atoms with van der Waals surface area (Å²) in [6, 6.07) is 60.1. The number of anilines is 3. The maximum absolute atomic E-state index is 6.40. The van der Waals surface area contributed by atoms with Gasteiger partial charge < -0.3 is 9.32 Å². The van der Waals surface area contributed by atoms with E-state index >= 15 is 0 Å². The Labute approximate surface area is 295 Å². The number of hydrogen-bond donors (Lipinski definition) is 0. The first-order chi connectivity index (χ1) is 25.1. The molecule has 0 bridgehead atoms. The summed E-state index contributed by atoms with van der Waals surface area (Å²) in [6.45, 7) is 4.72. The molecule has 1 aliphatic carbocycles. The molecule has 1 heterocycles. The molecule has 0 aliphatic heterocycles. The van der Waals surface area contributed by atoms with Crippen LogP contribution in [0.15, 0.2) is 168 Å². The van der Waals surface area contributed by atoms with Gasteiger partial charge in [0, 0.05) is 38.3 Å². The van der Waals surface area contributed by atoms with Gasteiger partial charge >= 0.3 is 0 Å². The maximum Gasteiger partial charge on any atom is 0.136 e. The van der Waals surface area contributed by atoms with Crippen molar-refractivity contribution in [3.05, 3.63) is 175 Å². The number of nitrogens with zero attached hydrogens (tertiary/aromatic N) is 1. The summed E-state index contributed by atoms with van der Waals surface area (Å²) < 4.78 is 6.40. The van der Waals surface area contributed by atoms with Crippen molar-refractivity contribution < 1.29 is 4.42 Å². The number of fused-ring (bicyclic) bond motifs is 14. The molecular formula is C49H33NO. The van der Waals surface area contributed by atoms with Crippen LogP contribution in [0.3, 0.4) is 0 Å². The minimum absolute atomic E-state index is 0.114. The zero-order valence-corrected chi connectivity index (χ0v) is 28.4. The van der Waals surface area contributed by atoms with Gasteiger partial charge in [-0.3, -0.25) is 0 Å². The van der Waals surface area contributed by atoms with Crippen molar-refractivity contribution in [2.45, 2.75) is 19.3 Å². The minimum Gasteiger partial charge on any atom is -0.456 e. The van der Waals surface area contributed by atoms with Crippen molar-refractivity contribution >= 4 is 82.1 Å². The van der Waals surface area contributed by atoms with Crippen LogP contribution in [0.5, 0.6) is 0 Å². The Morgan fingerprint density at radius 1 is 0.412 bits per heavy atom. The van der Waals surface area contributed by atoms with E-state index in [4.69, 9.17) is 4.42 Å². The topological polar surface area (TPSA) is 16.4 Å². The fourth-order valence-corrected chi connectivity index (χ4v) is 9.05. The molecule has 0 unspecified atom stereocenters. The lowest BCUT2D eigenvalue weighted by atomic mass is 9.82. The maximum atomic E-state index is 6.40. The van der Waals surface area contributed by atoms with Gasteiger partial charge in [-0.1, -0.05) is 129 Å². The third-order valence-corrected chi connectivity index (χ3v) is 11.4. The summed E-state index contributed by atoms with van der Waals surface area (Å²) in [4.78, 5) is 2.48. The van der Waals surface area contributed by atoms with E-state index in [1.165, 1.54) is 70.7 Å². The zero-order valence-electron chi connectivity index (χ0n) is 28.4. The van der Waals surface area contributed by atoms with Gasteiger partial charge in [-0.05, 0) is 103 Å². The highest BCUT2D eigenvalue weighted by molar-refractivity contribution is 6.36. The smallest absolute Gasteiger partial charge is 0.136 e. The average molecular weight is 652 g/mol. The Balaban J connectivity index is 1.25. The van der Waals surface area contributed by atoms with Crippen molar-refractivity contribution in [2.24, 2.45) is 0 Å². The zero-order chi connectivity index (χ0) is 33.8.